The van der Waals surface area contributed by atoms with Gasteiger partial charge in [0, 0.05) is 11.1 Å². The molecule has 7 aromatic carbocycles. The lowest BCUT2D eigenvalue weighted by molar-refractivity contribution is -0.408. The summed E-state index contributed by atoms with van der Waals surface area (Å²) >= 11 is 0. The van der Waals surface area contributed by atoms with Gasteiger partial charge < -0.3 is 47.4 Å². The van der Waals surface area contributed by atoms with E-state index in [9.17, 15) is 0 Å². The summed E-state index contributed by atoms with van der Waals surface area (Å²) in [6.07, 6.45) is -11.4. The van der Waals surface area contributed by atoms with Crippen LogP contribution in [0.25, 0.3) is 0 Å². The molecule has 0 radical (unpaired) electrons. The van der Waals surface area contributed by atoms with Gasteiger partial charge in [0.25, 0.3) is 0 Å². The largest absolute Gasteiger partial charge is 0.477 e. The van der Waals surface area contributed by atoms with Gasteiger partial charge in [-0.15, -0.1) is 0 Å². The summed E-state index contributed by atoms with van der Waals surface area (Å²) in [4.78, 5) is 0. The fraction of sp³-hybridized carbons (Fsp3) is 0.311. The van der Waals surface area contributed by atoms with Crippen LogP contribution in [0.15, 0.2) is 212 Å². The zero-order chi connectivity index (χ0) is 51.4. The predicted octanol–water partition coefficient (Wildman–Crippen LogP) is 11.4. The Kier molecular flexibility index (Phi) is 17.6. The van der Waals surface area contributed by atoms with Crippen molar-refractivity contribution < 1.29 is 65.5 Å². The molecule has 394 valence electrons. The first-order chi connectivity index (χ1) is 37.5. The number of fused-ring (bicyclic) bond motifs is 2. The van der Waals surface area contributed by atoms with Crippen LogP contribution in [0, 0.1) is 0 Å². The van der Waals surface area contributed by atoms with Crippen molar-refractivity contribution in [3.63, 3.8) is 0 Å². The normalized spacial score (nSPS) is 27.5. The Morgan fingerprint density at radius 3 is 1.09 bits per heavy atom. The standard InChI is InChI=1S/C61H61O14P/c62-76(68-39-46-28-14-4-15-29-46,69-40-47-30-16-5-17-31-47)75-61-57(55(64-37-44-24-10-2-11-25-44)53-51(71-61)42-67-59(73-53)49-34-20-7-21-35-49)74-60-56(65-38-45-26-12-3-13-27-45)54(63-36-43-22-8-1-9-23-43)52-50(70-60)41-66-58(72-52)48-32-18-6-19-33-48/h1-35,50-61H,36-42H2/t50-,51-,52-,53-,54+,55+,56+,57+,58-,59-,60+,61-/m1/s1. The highest BCUT2D eigenvalue weighted by Crippen LogP contribution is 2.54. The molecule has 4 fully saturated rings. The van der Waals surface area contributed by atoms with Crippen LogP contribution in [-0.2, 0) is 98.5 Å². The third-order valence-electron chi connectivity index (χ3n) is 13.6. The summed E-state index contributed by atoms with van der Waals surface area (Å²) in [6, 6.07) is 67.6. The van der Waals surface area contributed by atoms with Gasteiger partial charge in [0.05, 0.1) is 46.2 Å². The monoisotopic (exact) mass is 1050 g/mol. The molecule has 0 spiro atoms. The molecule has 14 nitrogen and oxygen atoms in total. The molecule has 0 N–H and O–H groups in total. The number of hydrogen-bond donors (Lipinski definition) is 0. The van der Waals surface area contributed by atoms with E-state index in [0.29, 0.717) is 0 Å². The highest BCUT2D eigenvalue weighted by molar-refractivity contribution is 7.48. The van der Waals surface area contributed by atoms with Crippen LogP contribution in [-0.4, -0.2) is 74.6 Å². The summed E-state index contributed by atoms with van der Waals surface area (Å²) in [5.41, 5.74) is 5.86. The van der Waals surface area contributed by atoms with Gasteiger partial charge in [-0.25, -0.2) is 4.57 Å². The number of phosphoric acid groups is 1. The van der Waals surface area contributed by atoms with Gasteiger partial charge in [0.1, 0.15) is 48.8 Å². The van der Waals surface area contributed by atoms with Crippen molar-refractivity contribution in [3.05, 3.63) is 251 Å². The van der Waals surface area contributed by atoms with Crippen molar-refractivity contribution in [2.75, 3.05) is 13.2 Å². The average molecular weight is 1050 g/mol. The highest BCUT2D eigenvalue weighted by Gasteiger charge is 2.58. The third-order valence-corrected chi connectivity index (χ3v) is 14.9. The van der Waals surface area contributed by atoms with Crippen LogP contribution in [0.4, 0.5) is 0 Å². The van der Waals surface area contributed by atoms with E-state index < -0.39 is 81.8 Å². The first-order valence-electron chi connectivity index (χ1n) is 25.7. The molecule has 0 saturated carbocycles. The van der Waals surface area contributed by atoms with Crippen LogP contribution in [0.5, 0.6) is 0 Å². The molecule has 0 amide bonds. The maximum atomic E-state index is 15.5. The highest BCUT2D eigenvalue weighted by atomic mass is 31.2. The van der Waals surface area contributed by atoms with Gasteiger partial charge in [0.2, 0.25) is 0 Å². The molecule has 0 bridgehead atoms. The smallest absolute Gasteiger partial charge is 0.368 e. The van der Waals surface area contributed by atoms with Crippen LogP contribution >= 0.6 is 7.82 Å². The number of ether oxygens (including phenoxy) is 10. The average Bonchev–Trinajstić information content (AvgIpc) is 3.51. The van der Waals surface area contributed by atoms with E-state index in [2.05, 4.69) is 0 Å². The molecular weight excluding hydrogens is 988 g/mol. The summed E-state index contributed by atoms with van der Waals surface area (Å²) < 4.78 is 103. The Balaban J connectivity index is 0.987. The molecule has 4 aliphatic rings. The number of rotatable bonds is 21. The summed E-state index contributed by atoms with van der Waals surface area (Å²) in [7, 11) is -4.58. The van der Waals surface area contributed by atoms with Crippen LogP contribution in [0.1, 0.15) is 51.5 Å². The van der Waals surface area contributed by atoms with Gasteiger partial charge in [-0.05, 0) is 27.8 Å². The maximum Gasteiger partial charge on any atom is 0.477 e. The molecule has 0 unspecified atom stereocenters. The van der Waals surface area contributed by atoms with E-state index in [1.165, 1.54) is 0 Å². The third kappa shape index (κ3) is 13.3. The van der Waals surface area contributed by atoms with E-state index in [-0.39, 0.29) is 46.2 Å². The van der Waals surface area contributed by atoms with Crippen molar-refractivity contribution >= 4 is 7.82 Å². The first kappa shape index (κ1) is 52.3. The minimum absolute atomic E-state index is 0.0568. The van der Waals surface area contributed by atoms with Gasteiger partial charge in [-0.2, -0.15) is 0 Å². The molecule has 4 heterocycles. The number of phosphoric ester groups is 1. The molecule has 7 aromatic rings. The lowest BCUT2D eigenvalue weighted by Gasteiger charge is -2.52. The predicted molar refractivity (Wildman–Crippen MR) is 278 cm³/mol. The minimum atomic E-state index is -4.58. The minimum Gasteiger partial charge on any atom is -0.368 e. The fourth-order valence-electron chi connectivity index (χ4n) is 9.68. The summed E-state index contributed by atoms with van der Waals surface area (Å²) in [5, 5.41) is 0. The molecular formula is C61H61O14P. The molecule has 0 aliphatic carbocycles. The Labute approximate surface area is 443 Å². The quantitative estimate of drug-likeness (QED) is 0.0631. The molecule has 12 atom stereocenters. The zero-order valence-electron chi connectivity index (χ0n) is 41.7. The van der Waals surface area contributed by atoms with Crippen LogP contribution < -0.4 is 0 Å². The SMILES string of the molecule is O=P(OCc1ccccc1)(OCc1ccccc1)O[C@H]1O[C@@H]2CO[C@@H](c3ccccc3)O[C@H]2[C@H](OCc2ccccc2)[C@@H]1O[C@@H]1O[C@@H]2CO[C@@H](c3ccccc3)O[C@H]2[C@H](OCc2ccccc2)[C@@H]1OCc1ccccc1. The topological polar surface area (TPSA) is 137 Å². The van der Waals surface area contributed by atoms with Gasteiger partial charge in [-0.3, -0.25) is 13.6 Å². The fourth-order valence-corrected chi connectivity index (χ4v) is 10.9. The van der Waals surface area contributed by atoms with Crippen LogP contribution in [0.3, 0.4) is 0 Å². The first-order valence-corrected chi connectivity index (χ1v) is 27.2. The summed E-state index contributed by atoms with van der Waals surface area (Å²) in [6.45, 7) is 0.466. The Morgan fingerprint density at radius 2 is 0.697 bits per heavy atom. The molecule has 4 saturated heterocycles. The van der Waals surface area contributed by atoms with Crippen molar-refractivity contribution in [3.8, 4) is 0 Å². The van der Waals surface area contributed by atoms with Crippen molar-refractivity contribution in [2.45, 2.75) is 107 Å². The van der Waals surface area contributed by atoms with Crippen LogP contribution in [0.2, 0.25) is 0 Å². The van der Waals surface area contributed by atoms with E-state index in [1.807, 2.05) is 212 Å². The number of benzene rings is 7. The van der Waals surface area contributed by atoms with E-state index in [0.717, 1.165) is 38.9 Å². The maximum absolute atomic E-state index is 15.5. The van der Waals surface area contributed by atoms with Gasteiger partial charge >= 0.3 is 7.82 Å². The molecule has 76 heavy (non-hydrogen) atoms. The van der Waals surface area contributed by atoms with Crippen molar-refractivity contribution in [1.82, 2.24) is 0 Å². The zero-order valence-corrected chi connectivity index (χ0v) is 42.6. The lowest BCUT2D eigenvalue weighted by Crippen LogP contribution is -2.67. The van der Waals surface area contributed by atoms with Crippen molar-refractivity contribution in [2.24, 2.45) is 0 Å². The van der Waals surface area contributed by atoms with Gasteiger partial charge in [-0.1, -0.05) is 212 Å². The molecule has 15 heteroatoms. The van der Waals surface area contributed by atoms with Gasteiger partial charge in [0.15, 0.2) is 25.2 Å². The Hall–Kier alpha value is -5.75. The second-order valence-corrected chi connectivity index (χ2v) is 20.5. The molecule has 11 rings (SSSR count). The summed E-state index contributed by atoms with van der Waals surface area (Å²) in [5.74, 6) is 0. The number of hydrogen-bond acceptors (Lipinski definition) is 14. The second kappa shape index (κ2) is 25.6. The van der Waals surface area contributed by atoms with E-state index in [1.54, 1.807) is 0 Å². The Bertz CT molecular complexity index is 2810. The lowest BCUT2D eigenvalue weighted by atomic mass is 9.95. The molecule has 4 aliphatic heterocycles. The van der Waals surface area contributed by atoms with E-state index >= 15 is 4.57 Å². The van der Waals surface area contributed by atoms with Crippen molar-refractivity contribution in [1.29, 1.82) is 0 Å². The molecule has 0 aromatic heterocycles. The van der Waals surface area contributed by atoms with E-state index in [4.69, 9.17) is 60.9 Å². The second-order valence-electron chi connectivity index (χ2n) is 18.9. The Morgan fingerprint density at radius 1 is 0.368 bits per heavy atom.